The first kappa shape index (κ1) is 16.6. The zero-order valence-corrected chi connectivity index (χ0v) is 11.7. The van der Waals surface area contributed by atoms with Crippen LogP contribution in [0.25, 0.3) is 6.08 Å². The van der Waals surface area contributed by atoms with Gasteiger partial charge < -0.3 is 4.74 Å². The molecule has 7 nitrogen and oxygen atoms in total. The largest absolute Gasteiger partial charge is 0.487 e. The lowest BCUT2D eigenvalue weighted by molar-refractivity contribution is -0.385. The second-order valence-corrected chi connectivity index (χ2v) is 4.35. The van der Waals surface area contributed by atoms with Gasteiger partial charge in [-0.05, 0) is 24.1 Å². The van der Waals surface area contributed by atoms with Crippen molar-refractivity contribution in [2.75, 3.05) is 6.61 Å². The van der Waals surface area contributed by atoms with E-state index < -0.39 is 10.8 Å². The fraction of sp³-hybridized carbons (Fsp3) is 0.357. The lowest BCUT2D eigenvalue weighted by atomic mass is 10.1. The number of hydrogen-bond acceptors (Lipinski definition) is 5. The van der Waals surface area contributed by atoms with E-state index in [-0.39, 0.29) is 11.4 Å². The van der Waals surface area contributed by atoms with Crippen LogP contribution < -0.4 is 10.2 Å². The van der Waals surface area contributed by atoms with E-state index in [2.05, 4.69) is 6.92 Å². The van der Waals surface area contributed by atoms with E-state index in [4.69, 9.17) is 9.94 Å². The maximum Gasteiger partial charge on any atom is 0.311 e. The number of nitrogens with one attached hydrogen (secondary N) is 1. The minimum absolute atomic E-state index is 0.155. The molecule has 1 aromatic carbocycles. The first-order valence-corrected chi connectivity index (χ1v) is 6.62. The maximum absolute atomic E-state index is 11.0. The molecule has 1 aromatic rings. The zero-order chi connectivity index (χ0) is 15.7. The first-order chi connectivity index (χ1) is 10.1. The van der Waals surface area contributed by atoms with E-state index in [9.17, 15) is 14.9 Å². The summed E-state index contributed by atoms with van der Waals surface area (Å²) in [5.41, 5.74) is 1.75. The van der Waals surface area contributed by atoms with Gasteiger partial charge in [-0.3, -0.25) is 20.1 Å². The van der Waals surface area contributed by atoms with Crippen LogP contribution in [-0.4, -0.2) is 22.6 Å². The number of amides is 1. The van der Waals surface area contributed by atoms with Crippen molar-refractivity contribution in [3.63, 3.8) is 0 Å². The fourth-order valence-corrected chi connectivity index (χ4v) is 1.65. The van der Waals surface area contributed by atoms with E-state index in [0.29, 0.717) is 12.2 Å². The Kier molecular flexibility index (Phi) is 6.90. The lowest BCUT2D eigenvalue weighted by Gasteiger charge is -2.07. The normalized spacial score (nSPS) is 10.6. The Morgan fingerprint density at radius 3 is 2.86 bits per heavy atom. The zero-order valence-electron chi connectivity index (χ0n) is 11.7. The topological polar surface area (TPSA) is 102 Å². The third-order valence-electron chi connectivity index (χ3n) is 2.72. The number of benzene rings is 1. The molecule has 1 amide bonds. The highest BCUT2D eigenvalue weighted by molar-refractivity contribution is 5.90. The van der Waals surface area contributed by atoms with Gasteiger partial charge in [0, 0.05) is 12.1 Å². The highest BCUT2D eigenvalue weighted by Crippen LogP contribution is 2.28. The van der Waals surface area contributed by atoms with Crippen molar-refractivity contribution in [1.29, 1.82) is 0 Å². The summed E-state index contributed by atoms with van der Waals surface area (Å²) < 4.78 is 5.42. The van der Waals surface area contributed by atoms with Gasteiger partial charge in [-0.2, -0.15) is 0 Å². The third-order valence-corrected chi connectivity index (χ3v) is 2.72. The van der Waals surface area contributed by atoms with Crippen LogP contribution in [0, 0.1) is 10.1 Å². The van der Waals surface area contributed by atoms with Gasteiger partial charge in [-0.1, -0.05) is 25.8 Å². The number of nitrogens with zero attached hydrogens (tertiary/aromatic N) is 1. The predicted octanol–water partition coefficient (Wildman–Crippen LogP) is 2.68. The molecule has 0 aliphatic rings. The highest BCUT2D eigenvalue weighted by atomic mass is 16.6. The van der Waals surface area contributed by atoms with Gasteiger partial charge in [0.25, 0.3) is 5.91 Å². The number of carbonyl (C=O) groups is 1. The molecule has 0 saturated heterocycles. The van der Waals surface area contributed by atoms with E-state index in [1.165, 1.54) is 23.7 Å². The third kappa shape index (κ3) is 5.62. The van der Waals surface area contributed by atoms with Crippen LogP contribution in [0.1, 0.15) is 31.7 Å². The monoisotopic (exact) mass is 294 g/mol. The number of nitro groups is 1. The fourth-order valence-electron chi connectivity index (χ4n) is 1.65. The highest BCUT2D eigenvalue weighted by Gasteiger charge is 2.15. The van der Waals surface area contributed by atoms with Crippen LogP contribution in [0.3, 0.4) is 0 Å². The summed E-state index contributed by atoms with van der Waals surface area (Å²) >= 11 is 0. The number of hydroxylamine groups is 1. The Morgan fingerprint density at radius 1 is 1.48 bits per heavy atom. The van der Waals surface area contributed by atoms with Crippen LogP contribution in [0.15, 0.2) is 24.3 Å². The summed E-state index contributed by atoms with van der Waals surface area (Å²) in [6.07, 6.45) is 5.32. The Hall–Kier alpha value is -2.41. The molecular formula is C14H18N2O5. The summed E-state index contributed by atoms with van der Waals surface area (Å²) in [6.45, 7) is 2.49. The summed E-state index contributed by atoms with van der Waals surface area (Å²) in [5.74, 6) is -0.502. The summed E-state index contributed by atoms with van der Waals surface area (Å²) in [4.78, 5) is 21.4. The molecule has 0 aromatic heterocycles. The average Bonchev–Trinajstić information content (AvgIpc) is 2.49. The molecule has 0 bridgehead atoms. The van der Waals surface area contributed by atoms with Gasteiger partial charge in [0.1, 0.15) is 0 Å². The molecule has 1 rings (SSSR count). The van der Waals surface area contributed by atoms with Crippen LogP contribution in [0.4, 0.5) is 5.69 Å². The summed E-state index contributed by atoms with van der Waals surface area (Å²) in [6, 6.07) is 4.42. The van der Waals surface area contributed by atoms with Crippen LogP contribution in [0.5, 0.6) is 5.75 Å². The van der Waals surface area contributed by atoms with E-state index >= 15 is 0 Å². The molecule has 0 aliphatic heterocycles. The minimum Gasteiger partial charge on any atom is -0.487 e. The van der Waals surface area contributed by atoms with Gasteiger partial charge in [-0.25, -0.2) is 5.48 Å². The number of hydrogen-bond donors (Lipinski definition) is 2. The minimum atomic E-state index is -0.711. The van der Waals surface area contributed by atoms with Gasteiger partial charge in [0.15, 0.2) is 5.75 Å². The number of ether oxygens (including phenoxy) is 1. The Balaban J connectivity index is 2.84. The van der Waals surface area contributed by atoms with Crippen molar-refractivity contribution < 1.29 is 19.7 Å². The van der Waals surface area contributed by atoms with Gasteiger partial charge in [0.2, 0.25) is 0 Å². The molecule has 2 N–H and O–H groups in total. The van der Waals surface area contributed by atoms with Crippen molar-refractivity contribution in [1.82, 2.24) is 5.48 Å². The second kappa shape index (κ2) is 8.70. The van der Waals surface area contributed by atoms with Crippen LogP contribution in [-0.2, 0) is 4.79 Å². The molecule has 0 heterocycles. The van der Waals surface area contributed by atoms with Crippen LogP contribution >= 0.6 is 0 Å². The van der Waals surface area contributed by atoms with Gasteiger partial charge >= 0.3 is 5.69 Å². The van der Waals surface area contributed by atoms with E-state index in [1.807, 2.05) is 0 Å². The number of rotatable bonds is 8. The molecule has 114 valence electrons. The Labute approximate surface area is 122 Å². The number of carbonyl (C=O) groups excluding carboxylic acids is 1. The average molecular weight is 294 g/mol. The molecular weight excluding hydrogens is 276 g/mol. The van der Waals surface area contributed by atoms with Crippen molar-refractivity contribution >= 4 is 17.7 Å². The molecule has 0 aliphatic carbocycles. The molecule has 7 heteroatoms. The second-order valence-electron chi connectivity index (χ2n) is 4.35. The lowest BCUT2D eigenvalue weighted by Crippen LogP contribution is -2.14. The van der Waals surface area contributed by atoms with E-state index in [0.717, 1.165) is 25.3 Å². The smallest absolute Gasteiger partial charge is 0.311 e. The van der Waals surface area contributed by atoms with Crippen LogP contribution in [0.2, 0.25) is 0 Å². The molecule has 0 unspecified atom stereocenters. The quantitative estimate of drug-likeness (QED) is 0.252. The number of unbranched alkanes of at least 4 members (excludes halogenated alkanes) is 2. The molecule has 0 radical (unpaired) electrons. The molecule has 0 spiro atoms. The maximum atomic E-state index is 11.0. The molecule has 0 atom stereocenters. The predicted molar refractivity (Wildman–Crippen MR) is 77.1 cm³/mol. The van der Waals surface area contributed by atoms with Crippen molar-refractivity contribution in [3.05, 3.63) is 40.0 Å². The summed E-state index contributed by atoms with van der Waals surface area (Å²) in [7, 11) is 0. The molecule has 0 saturated carbocycles. The first-order valence-electron chi connectivity index (χ1n) is 6.62. The number of nitro benzene ring substituents is 1. The van der Waals surface area contributed by atoms with Gasteiger partial charge in [-0.15, -0.1) is 0 Å². The molecule has 0 fully saturated rings. The Bertz CT molecular complexity index is 528. The summed E-state index contributed by atoms with van der Waals surface area (Å²) in [5, 5.41) is 19.4. The van der Waals surface area contributed by atoms with Crippen molar-refractivity contribution in [3.8, 4) is 5.75 Å². The standard InChI is InChI=1S/C14H18N2O5/c1-2-3-4-9-21-13-7-5-11(6-8-14(17)15-18)10-12(13)16(19)20/h5-8,10,18H,2-4,9H2,1H3,(H,15,17)/b8-6+. The van der Waals surface area contributed by atoms with Crippen molar-refractivity contribution in [2.24, 2.45) is 0 Å². The van der Waals surface area contributed by atoms with Crippen molar-refractivity contribution in [2.45, 2.75) is 26.2 Å². The Morgan fingerprint density at radius 2 is 2.24 bits per heavy atom. The van der Waals surface area contributed by atoms with Gasteiger partial charge in [0.05, 0.1) is 11.5 Å². The van der Waals surface area contributed by atoms with E-state index in [1.54, 1.807) is 6.07 Å². The molecule has 21 heavy (non-hydrogen) atoms. The SMILES string of the molecule is CCCCCOc1ccc(/C=C/C(=O)NO)cc1[N+](=O)[O-].